The molecule has 0 aromatic heterocycles. The molecule has 0 aliphatic heterocycles. The van der Waals surface area contributed by atoms with Crippen LogP contribution < -0.4 is 0 Å². The van der Waals surface area contributed by atoms with Gasteiger partial charge in [-0.15, -0.1) is 0 Å². The first-order valence-corrected chi connectivity index (χ1v) is 4.03. The van der Waals surface area contributed by atoms with Gasteiger partial charge in [0.1, 0.15) is 12.2 Å². The van der Waals surface area contributed by atoms with Crippen LogP contribution >= 0.6 is 0 Å². The molecule has 2 N–H and O–H groups in total. The first-order chi connectivity index (χ1) is 5.62. The van der Waals surface area contributed by atoms with Gasteiger partial charge < -0.3 is 14.9 Å². The number of aliphatic hydroxyl groups is 2. The maximum atomic E-state index is 9.51. The van der Waals surface area contributed by atoms with Gasteiger partial charge in [0.2, 0.25) is 0 Å². The molecular formula is C9H16O3. The highest BCUT2D eigenvalue weighted by Crippen LogP contribution is 2.06. The predicted molar refractivity (Wildman–Crippen MR) is 46.6 cm³/mol. The molecule has 0 amide bonds. The van der Waals surface area contributed by atoms with Gasteiger partial charge in [0, 0.05) is 13.0 Å². The molecule has 0 spiro atoms. The van der Waals surface area contributed by atoms with Crippen LogP contribution in [0.1, 0.15) is 20.3 Å². The predicted octanol–water partition coefficient (Wildman–Crippen LogP) is 0.160. The van der Waals surface area contributed by atoms with Crippen molar-refractivity contribution in [2.24, 2.45) is 0 Å². The Morgan fingerprint density at radius 1 is 1.50 bits per heavy atom. The molecule has 0 aliphatic carbocycles. The minimum Gasteiger partial charge on any atom is -0.384 e. The Morgan fingerprint density at radius 3 is 2.67 bits per heavy atom. The summed E-state index contributed by atoms with van der Waals surface area (Å²) in [5.41, 5.74) is -1.04. The molecular weight excluding hydrogens is 156 g/mol. The first-order valence-electron chi connectivity index (χ1n) is 4.03. The molecule has 0 aliphatic rings. The second-order valence-corrected chi connectivity index (χ2v) is 2.68. The molecule has 3 heteroatoms. The van der Waals surface area contributed by atoms with E-state index in [1.54, 1.807) is 6.92 Å². The third-order valence-electron chi connectivity index (χ3n) is 1.37. The smallest absolute Gasteiger partial charge is 0.125 e. The Balaban J connectivity index is 3.71. The summed E-state index contributed by atoms with van der Waals surface area (Å²) in [5.74, 6) is 4.96. The van der Waals surface area contributed by atoms with Crippen molar-refractivity contribution in [1.82, 2.24) is 0 Å². The van der Waals surface area contributed by atoms with E-state index in [1.807, 2.05) is 6.92 Å². The highest BCUT2D eigenvalue weighted by molar-refractivity contribution is 5.11. The van der Waals surface area contributed by atoms with Crippen molar-refractivity contribution in [3.05, 3.63) is 0 Å². The van der Waals surface area contributed by atoms with E-state index in [2.05, 4.69) is 11.8 Å². The van der Waals surface area contributed by atoms with Gasteiger partial charge in [-0.2, -0.15) is 0 Å². The topological polar surface area (TPSA) is 49.7 Å². The van der Waals surface area contributed by atoms with E-state index in [4.69, 9.17) is 9.84 Å². The maximum absolute atomic E-state index is 9.51. The molecule has 0 saturated heterocycles. The largest absolute Gasteiger partial charge is 0.384 e. The average Bonchev–Trinajstić information content (AvgIpc) is 2.01. The molecule has 0 radical (unpaired) electrons. The highest BCUT2D eigenvalue weighted by Gasteiger charge is 2.15. The lowest BCUT2D eigenvalue weighted by Gasteiger charge is -2.15. The fraction of sp³-hybridized carbons (Fsp3) is 0.778. The molecule has 1 unspecified atom stereocenters. The highest BCUT2D eigenvalue weighted by atomic mass is 16.5. The van der Waals surface area contributed by atoms with Crippen molar-refractivity contribution in [2.45, 2.75) is 25.9 Å². The van der Waals surface area contributed by atoms with Gasteiger partial charge in [-0.25, -0.2) is 0 Å². The Hall–Kier alpha value is -0.560. The molecule has 1 atom stereocenters. The van der Waals surface area contributed by atoms with Crippen molar-refractivity contribution < 1.29 is 14.9 Å². The van der Waals surface area contributed by atoms with Crippen LogP contribution in [0.15, 0.2) is 0 Å². The SMILES string of the molecule is CCOCCC(C)(O)C#CCO. The third kappa shape index (κ3) is 6.17. The Morgan fingerprint density at radius 2 is 2.17 bits per heavy atom. The first kappa shape index (κ1) is 11.4. The molecule has 0 heterocycles. The third-order valence-corrected chi connectivity index (χ3v) is 1.37. The Labute approximate surface area is 73.4 Å². The van der Waals surface area contributed by atoms with E-state index in [0.29, 0.717) is 19.6 Å². The summed E-state index contributed by atoms with van der Waals surface area (Å²) in [5, 5.41) is 17.9. The van der Waals surface area contributed by atoms with E-state index in [0.717, 1.165) is 0 Å². The molecule has 0 bridgehead atoms. The minimum absolute atomic E-state index is 0.217. The Bertz CT molecular complexity index is 164. The molecule has 0 fully saturated rings. The fourth-order valence-electron chi connectivity index (χ4n) is 0.708. The van der Waals surface area contributed by atoms with E-state index in [9.17, 15) is 5.11 Å². The molecule has 0 rings (SSSR count). The Kier molecular flexibility index (Phi) is 5.73. The van der Waals surface area contributed by atoms with E-state index in [1.165, 1.54) is 0 Å². The van der Waals surface area contributed by atoms with Gasteiger partial charge >= 0.3 is 0 Å². The van der Waals surface area contributed by atoms with Gasteiger partial charge in [0.25, 0.3) is 0 Å². The van der Waals surface area contributed by atoms with Crippen LogP contribution in [0.3, 0.4) is 0 Å². The standard InChI is InChI=1S/C9H16O3/c1-3-12-8-6-9(2,11)5-4-7-10/h10-11H,3,6-8H2,1-2H3. The molecule has 70 valence electrons. The fourth-order valence-corrected chi connectivity index (χ4v) is 0.708. The number of hydrogen-bond donors (Lipinski definition) is 2. The average molecular weight is 172 g/mol. The van der Waals surface area contributed by atoms with Crippen molar-refractivity contribution in [2.75, 3.05) is 19.8 Å². The number of hydrogen-bond acceptors (Lipinski definition) is 3. The van der Waals surface area contributed by atoms with Crippen LogP contribution in [0.25, 0.3) is 0 Å². The van der Waals surface area contributed by atoms with Crippen LogP contribution in [0.2, 0.25) is 0 Å². The summed E-state index contributed by atoms with van der Waals surface area (Å²) in [6, 6.07) is 0. The minimum atomic E-state index is -1.04. The molecule has 0 aromatic carbocycles. The lowest BCUT2D eigenvalue weighted by molar-refractivity contribution is 0.0587. The van der Waals surface area contributed by atoms with Crippen LogP contribution in [0, 0.1) is 11.8 Å². The van der Waals surface area contributed by atoms with Crippen molar-refractivity contribution in [3.8, 4) is 11.8 Å². The summed E-state index contributed by atoms with van der Waals surface area (Å²) in [4.78, 5) is 0. The summed E-state index contributed by atoms with van der Waals surface area (Å²) >= 11 is 0. The van der Waals surface area contributed by atoms with Crippen LogP contribution in [0.4, 0.5) is 0 Å². The normalized spacial score (nSPS) is 14.7. The zero-order chi connectivity index (χ0) is 9.45. The van der Waals surface area contributed by atoms with E-state index in [-0.39, 0.29) is 6.61 Å². The second kappa shape index (κ2) is 6.01. The van der Waals surface area contributed by atoms with Crippen LogP contribution in [0.5, 0.6) is 0 Å². The van der Waals surface area contributed by atoms with Crippen molar-refractivity contribution in [3.63, 3.8) is 0 Å². The van der Waals surface area contributed by atoms with Gasteiger partial charge in [0.05, 0.1) is 6.61 Å². The zero-order valence-corrected chi connectivity index (χ0v) is 7.63. The molecule has 0 aromatic rings. The van der Waals surface area contributed by atoms with Gasteiger partial charge in [-0.1, -0.05) is 11.8 Å². The van der Waals surface area contributed by atoms with Crippen LogP contribution in [-0.2, 0) is 4.74 Å². The van der Waals surface area contributed by atoms with Crippen molar-refractivity contribution >= 4 is 0 Å². The second-order valence-electron chi connectivity index (χ2n) is 2.68. The molecule has 12 heavy (non-hydrogen) atoms. The monoisotopic (exact) mass is 172 g/mol. The summed E-state index contributed by atoms with van der Waals surface area (Å²) in [6.07, 6.45) is 0.466. The summed E-state index contributed by atoms with van der Waals surface area (Å²) < 4.78 is 5.06. The molecule has 3 nitrogen and oxygen atoms in total. The number of rotatable bonds is 4. The zero-order valence-electron chi connectivity index (χ0n) is 7.63. The lowest BCUT2D eigenvalue weighted by atomic mass is 10.0. The van der Waals surface area contributed by atoms with Gasteiger partial charge in [-0.05, 0) is 13.8 Å². The number of ether oxygens (including phenoxy) is 1. The maximum Gasteiger partial charge on any atom is 0.125 e. The summed E-state index contributed by atoms with van der Waals surface area (Å²) in [7, 11) is 0. The summed E-state index contributed by atoms with van der Waals surface area (Å²) in [6.45, 7) is 4.42. The van der Waals surface area contributed by atoms with E-state index < -0.39 is 5.60 Å². The lowest BCUT2D eigenvalue weighted by Crippen LogP contribution is -2.23. The molecule has 0 saturated carbocycles. The quantitative estimate of drug-likeness (QED) is 0.469. The van der Waals surface area contributed by atoms with Crippen molar-refractivity contribution in [1.29, 1.82) is 0 Å². The van der Waals surface area contributed by atoms with Crippen LogP contribution in [-0.4, -0.2) is 35.6 Å². The van der Waals surface area contributed by atoms with Gasteiger partial charge in [-0.3, -0.25) is 0 Å². The van der Waals surface area contributed by atoms with E-state index >= 15 is 0 Å². The van der Waals surface area contributed by atoms with Gasteiger partial charge in [0.15, 0.2) is 0 Å². The number of aliphatic hydroxyl groups excluding tert-OH is 1.